The maximum atomic E-state index is 5.91. The van der Waals surface area contributed by atoms with Crippen LogP contribution >= 0.6 is 0 Å². The van der Waals surface area contributed by atoms with Gasteiger partial charge in [-0.05, 0) is 26.7 Å². The summed E-state index contributed by atoms with van der Waals surface area (Å²) < 4.78 is 11.8. The normalized spacial score (nSPS) is 40.6. The molecular formula is C11H22O2. The van der Waals surface area contributed by atoms with Crippen LogP contribution in [-0.2, 0) is 9.47 Å². The second kappa shape index (κ2) is 4.43. The third-order valence-electron chi connectivity index (χ3n) is 2.67. The van der Waals surface area contributed by atoms with Crippen LogP contribution < -0.4 is 0 Å². The minimum atomic E-state index is -0.286. The van der Waals surface area contributed by atoms with E-state index in [9.17, 15) is 0 Å². The second-order valence-electron chi connectivity index (χ2n) is 4.11. The largest absolute Gasteiger partial charge is 0.347 e. The Hall–Kier alpha value is -0.0800. The van der Waals surface area contributed by atoms with E-state index in [0.717, 1.165) is 25.7 Å². The molecule has 1 rings (SSSR count). The standard InChI is InChI=1S/C11H22O2/c1-5-7-11(6-2)12-9(3)8-10(4)13-11/h9-10H,5-8H2,1-4H3. The first kappa shape index (κ1) is 11.0. The minimum Gasteiger partial charge on any atom is -0.347 e. The van der Waals surface area contributed by atoms with Crippen LogP contribution in [0, 0.1) is 0 Å². The Morgan fingerprint density at radius 1 is 1.15 bits per heavy atom. The van der Waals surface area contributed by atoms with Gasteiger partial charge in [-0.3, -0.25) is 0 Å². The molecule has 0 radical (unpaired) electrons. The Bertz CT molecular complexity index is 146. The number of hydrogen-bond donors (Lipinski definition) is 0. The van der Waals surface area contributed by atoms with Crippen molar-refractivity contribution in [2.24, 2.45) is 0 Å². The Morgan fingerprint density at radius 2 is 1.69 bits per heavy atom. The summed E-state index contributed by atoms with van der Waals surface area (Å²) in [5.74, 6) is -0.286. The van der Waals surface area contributed by atoms with Crippen molar-refractivity contribution in [3.8, 4) is 0 Å². The first-order valence-corrected chi connectivity index (χ1v) is 5.47. The molecule has 1 fully saturated rings. The zero-order valence-electron chi connectivity index (χ0n) is 9.30. The highest BCUT2D eigenvalue weighted by Gasteiger charge is 2.37. The summed E-state index contributed by atoms with van der Waals surface area (Å²) >= 11 is 0. The van der Waals surface area contributed by atoms with E-state index in [2.05, 4.69) is 27.7 Å². The minimum absolute atomic E-state index is 0.286. The lowest BCUT2D eigenvalue weighted by Gasteiger charge is -2.42. The van der Waals surface area contributed by atoms with E-state index in [-0.39, 0.29) is 5.79 Å². The highest BCUT2D eigenvalue weighted by Crippen LogP contribution is 2.33. The van der Waals surface area contributed by atoms with Crippen LogP contribution in [0.15, 0.2) is 0 Å². The lowest BCUT2D eigenvalue weighted by molar-refractivity contribution is -0.315. The van der Waals surface area contributed by atoms with Crippen molar-refractivity contribution in [3.05, 3.63) is 0 Å². The molecule has 2 heteroatoms. The first-order chi connectivity index (χ1) is 6.12. The first-order valence-electron chi connectivity index (χ1n) is 5.47. The summed E-state index contributed by atoms with van der Waals surface area (Å²) in [4.78, 5) is 0. The zero-order chi connectivity index (χ0) is 9.90. The van der Waals surface area contributed by atoms with Crippen LogP contribution in [0.1, 0.15) is 53.4 Å². The molecule has 2 unspecified atom stereocenters. The molecule has 0 aromatic heterocycles. The van der Waals surface area contributed by atoms with Gasteiger partial charge in [-0.25, -0.2) is 0 Å². The van der Waals surface area contributed by atoms with Gasteiger partial charge in [-0.2, -0.15) is 0 Å². The Kier molecular flexibility index (Phi) is 3.74. The fourth-order valence-corrected chi connectivity index (χ4v) is 2.17. The Morgan fingerprint density at radius 3 is 2.08 bits per heavy atom. The molecule has 1 aliphatic heterocycles. The predicted octanol–water partition coefficient (Wildman–Crippen LogP) is 3.11. The van der Waals surface area contributed by atoms with Gasteiger partial charge < -0.3 is 9.47 Å². The zero-order valence-corrected chi connectivity index (χ0v) is 9.30. The molecule has 0 amide bonds. The summed E-state index contributed by atoms with van der Waals surface area (Å²) in [5.41, 5.74) is 0. The quantitative estimate of drug-likeness (QED) is 0.674. The smallest absolute Gasteiger partial charge is 0.168 e. The fraction of sp³-hybridized carbons (Fsp3) is 1.00. The second-order valence-corrected chi connectivity index (χ2v) is 4.11. The fourth-order valence-electron chi connectivity index (χ4n) is 2.17. The van der Waals surface area contributed by atoms with Gasteiger partial charge in [0.05, 0.1) is 12.2 Å². The van der Waals surface area contributed by atoms with E-state index < -0.39 is 0 Å². The van der Waals surface area contributed by atoms with Gasteiger partial charge in [0.1, 0.15) is 0 Å². The lowest BCUT2D eigenvalue weighted by Crippen LogP contribution is -2.46. The maximum Gasteiger partial charge on any atom is 0.168 e. The lowest BCUT2D eigenvalue weighted by atomic mass is 10.0. The van der Waals surface area contributed by atoms with Crippen LogP contribution in [0.25, 0.3) is 0 Å². The van der Waals surface area contributed by atoms with Gasteiger partial charge in [0.15, 0.2) is 5.79 Å². The molecule has 0 spiro atoms. The van der Waals surface area contributed by atoms with Crippen LogP contribution in [-0.4, -0.2) is 18.0 Å². The molecule has 2 atom stereocenters. The third-order valence-corrected chi connectivity index (χ3v) is 2.67. The molecule has 1 aliphatic rings. The summed E-state index contributed by atoms with van der Waals surface area (Å²) in [5, 5.41) is 0. The summed E-state index contributed by atoms with van der Waals surface area (Å²) in [6.07, 6.45) is 4.79. The van der Waals surface area contributed by atoms with Gasteiger partial charge in [-0.1, -0.05) is 20.3 Å². The van der Waals surface area contributed by atoms with E-state index in [0.29, 0.717) is 12.2 Å². The highest BCUT2D eigenvalue weighted by atomic mass is 16.7. The van der Waals surface area contributed by atoms with Gasteiger partial charge in [0, 0.05) is 6.42 Å². The molecule has 1 heterocycles. The van der Waals surface area contributed by atoms with Crippen LogP contribution in [0.2, 0.25) is 0 Å². The van der Waals surface area contributed by atoms with Crippen LogP contribution in [0.5, 0.6) is 0 Å². The molecule has 0 aliphatic carbocycles. The van der Waals surface area contributed by atoms with Crippen LogP contribution in [0.3, 0.4) is 0 Å². The number of rotatable bonds is 3. The number of ether oxygens (including phenoxy) is 2. The molecule has 1 saturated heterocycles. The molecular weight excluding hydrogens is 164 g/mol. The number of hydrogen-bond acceptors (Lipinski definition) is 2. The van der Waals surface area contributed by atoms with E-state index in [4.69, 9.17) is 9.47 Å². The van der Waals surface area contributed by atoms with Crippen molar-refractivity contribution < 1.29 is 9.47 Å². The van der Waals surface area contributed by atoms with E-state index in [1.165, 1.54) is 0 Å². The van der Waals surface area contributed by atoms with E-state index in [1.807, 2.05) is 0 Å². The molecule has 13 heavy (non-hydrogen) atoms. The third kappa shape index (κ3) is 2.68. The van der Waals surface area contributed by atoms with Crippen molar-refractivity contribution in [2.75, 3.05) is 0 Å². The Balaban J connectivity index is 2.62. The van der Waals surface area contributed by atoms with Crippen molar-refractivity contribution in [3.63, 3.8) is 0 Å². The average molecular weight is 186 g/mol. The predicted molar refractivity (Wildman–Crippen MR) is 53.6 cm³/mol. The summed E-state index contributed by atoms with van der Waals surface area (Å²) in [7, 11) is 0. The van der Waals surface area contributed by atoms with Crippen molar-refractivity contribution in [1.82, 2.24) is 0 Å². The van der Waals surface area contributed by atoms with Crippen molar-refractivity contribution in [2.45, 2.75) is 71.4 Å². The van der Waals surface area contributed by atoms with E-state index in [1.54, 1.807) is 0 Å². The monoisotopic (exact) mass is 186 g/mol. The highest BCUT2D eigenvalue weighted by molar-refractivity contribution is 4.77. The molecule has 0 aromatic carbocycles. The summed E-state index contributed by atoms with van der Waals surface area (Å²) in [6, 6.07) is 0. The van der Waals surface area contributed by atoms with Gasteiger partial charge in [0.25, 0.3) is 0 Å². The SMILES string of the molecule is CCCC1(CC)OC(C)CC(C)O1. The molecule has 2 nitrogen and oxygen atoms in total. The molecule has 0 bridgehead atoms. The molecule has 0 saturated carbocycles. The van der Waals surface area contributed by atoms with Gasteiger partial charge in [0.2, 0.25) is 0 Å². The van der Waals surface area contributed by atoms with Gasteiger partial charge in [-0.15, -0.1) is 0 Å². The van der Waals surface area contributed by atoms with Gasteiger partial charge >= 0.3 is 0 Å². The van der Waals surface area contributed by atoms with Crippen molar-refractivity contribution >= 4 is 0 Å². The molecule has 78 valence electrons. The molecule has 0 N–H and O–H groups in total. The van der Waals surface area contributed by atoms with Crippen LogP contribution in [0.4, 0.5) is 0 Å². The topological polar surface area (TPSA) is 18.5 Å². The summed E-state index contributed by atoms with van der Waals surface area (Å²) in [6.45, 7) is 8.59. The maximum absolute atomic E-state index is 5.91. The molecule has 0 aromatic rings. The Labute approximate surface area is 81.6 Å². The van der Waals surface area contributed by atoms with Crippen molar-refractivity contribution in [1.29, 1.82) is 0 Å². The van der Waals surface area contributed by atoms with E-state index >= 15 is 0 Å². The average Bonchev–Trinajstić information content (AvgIpc) is 2.03.